The molecule has 7 nitrogen and oxygen atoms in total. The molecule has 0 saturated carbocycles. The molecular weight excluding hydrogens is 212 g/mol. The van der Waals surface area contributed by atoms with E-state index in [1.807, 2.05) is 0 Å². The Morgan fingerprint density at radius 3 is 2.62 bits per heavy atom. The fourth-order valence-electron chi connectivity index (χ4n) is 1.19. The van der Waals surface area contributed by atoms with Crippen LogP contribution in [0, 0.1) is 0 Å². The molecule has 0 aliphatic rings. The number of pyridine rings is 1. The van der Waals surface area contributed by atoms with Gasteiger partial charge in [0, 0.05) is 6.07 Å². The van der Waals surface area contributed by atoms with E-state index in [4.69, 9.17) is 9.84 Å². The smallest absolute Gasteiger partial charge is 0.339 e. The van der Waals surface area contributed by atoms with Gasteiger partial charge in [-0.3, -0.25) is 0 Å². The molecule has 0 aromatic carbocycles. The van der Waals surface area contributed by atoms with Crippen LogP contribution in [0.2, 0.25) is 0 Å². The highest BCUT2D eigenvalue weighted by Crippen LogP contribution is 2.15. The van der Waals surface area contributed by atoms with Gasteiger partial charge >= 0.3 is 5.97 Å². The van der Waals surface area contributed by atoms with Crippen molar-refractivity contribution in [3.8, 4) is 11.7 Å². The molecule has 2 aromatic rings. The Kier molecular flexibility index (Phi) is 2.50. The largest absolute Gasteiger partial charge is 0.481 e. The summed E-state index contributed by atoms with van der Waals surface area (Å²) in [4.78, 5) is 16.1. The van der Waals surface area contributed by atoms with Crippen LogP contribution >= 0.6 is 0 Å². The number of aromatic nitrogens is 4. The minimum atomic E-state index is -1.09. The van der Waals surface area contributed by atoms with Crippen molar-refractivity contribution in [3.05, 3.63) is 30.1 Å². The molecule has 7 heteroatoms. The Balaban J connectivity index is 2.59. The highest BCUT2D eigenvalue weighted by molar-refractivity contribution is 5.91. The molecule has 0 fully saturated rings. The number of hydrogen-bond donors (Lipinski definition) is 1. The predicted octanol–water partition coefficient (Wildman–Crippen LogP) is 0.369. The number of nitrogens with zero attached hydrogens (tertiary/aromatic N) is 4. The third kappa shape index (κ3) is 1.70. The molecule has 0 spiro atoms. The molecule has 1 N–H and O–H groups in total. The monoisotopic (exact) mass is 220 g/mol. The van der Waals surface area contributed by atoms with Crippen molar-refractivity contribution in [2.45, 2.75) is 0 Å². The zero-order valence-electron chi connectivity index (χ0n) is 8.36. The van der Waals surface area contributed by atoms with Gasteiger partial charge in [0.15, 0.2) is 5.82 Å². The van der Waals surface area contributed by atoms with Crippen molar-refractivity contribution >= 4 is 5.97 Å². The summed E-state index contributed by atoms with van der Waals surface area (Å²) in [6.07, 6.45) is 2.87. The van der Waals surface area contributed by atoms with Crippen LogP contribution in [0.5, 0.6) is 5.88 Å². The molecule has 0 radical (unpaired) electrons. The summed E-state index contributed by atoms with van der Waals surface area (Å²) in [6.45, 7) is 0. The van der Waals surface area contributed by atoms with E-state index in [9.17, 15) is 4.79 Å². The zero-order chi connectivity index (χ0) is 11.5. The lowest BCUT2D eigenvalue weighted by Gasteiger charge is -2.05. The topological polar surface area (TPSA) is 90.1 Å². The Bertz CT molecular complexity index is 509. The quantitative estimate of drug-likeness (QED) is 0.803. The van der Waals surface area contributed by atoms with E-state index in [0.29, 0.717) is 5.88 Å². The van der Waals surface area contributed by atoms with Crippen molar-refractivity contribution in [1.29, 1.82) is 0 Å². The number of methoxy groups -OCH3 is 1. The number of aromatic carboxylic acids is 1. The van der Waals surface area contributed by atoms with Crippen LogP contribution in [0.1, 0.15) is 10.4 Å². The Morgan fingerprint density at radius 2 is 2.06 bits per heavy atom. The van der Waals surface area contributed by atoms with E-state index in [1.165, 1.54) is 31.6 Å². The predicted molar refractivity (Wildman–Crippen MR) is 52.7 cm³/mol. The van der Waals surface area contributed by atoms with Gasteiger partial charge in [0.1, 0.15) is 5.56 Å². The highest BCUT2D eigenvalue weighted by atomic mass is 16.5. The van der Waals surface area contributed by atoms with Crippen molar-refractivity contribution in [1.82, 2.24) is 20.0 Å². The standard InChI is InChI=1S/C9H8N4O3/c1-16-7-3-2-6(9(14)15)8(12-7)13-10-4-5-11-13/h2-5H,1H3,(H,14,15). The first-order chi connectivity index (χ1) is 7.72. The normalized spacial score (nSPS) is 10.1. The summed E-state index contributed by atoms with van der Waals surface area (Å²) in [7, 11) is 1.45. The van der Waals surface area contributed by atoms with Crippen LogP contribution in [0.3, 0.4) is 0 Å². The lowest BCUT2D eigenvalue weighted by Crippen LogP contribution is -2.10. The minimum Gasteiger partial charge on any atom is -0.481 e. The van der Waals surface area contributed by atoms with Crippen molar-refractivity contribution in [2.75, 3.05) is 7.11 Å². The van der Waals surface area contributed by atoms with Gasteiger partial charge in [0.05, 0.1) is 19.5 Å². The van der Waals surface area contributed by atoms with Gasteiger partial charge in [-0.25, -0.2) is 4.79 Å². The van der Waals surface area contributed by atoms with Crippen LogP contribution in [0.15, 0.2) is 24.5 Å². The van der Waals surface area contributed by atoms with Gasteiger partial charge in [-0.15, -0.1) is 4.80 Å². The minimum absolute atomic E-state index is 0.0111. The van der Waals surface area contributed by atoms with Crippen molar-refractivity contribution < 1.29 is 14.6 Å². The Morgan fingerprint density at radius 1 is 1.38 bits per heavy atom. The summed E-state index contributed by atoms with van der Waals surface area (Å²) in [6, 6.07) is 2.86. The van der Waals surface area contributed by atoms with Gasteiger partial charge in [-0.1, -0.05) is 0 Å². The van der Waals surface area contributed by atoms with E-state index in [1.54, 1.807) is 0 Å². The Labute approximate surface area is 90.3 Å². The first-order valence-corrected chi connectivity index (χ1v) is 4.37. The molecular formula is C9H8N4O3. The number of ether oxygens (including phenoxy) is 1. The van der Waals surface area contributed by atoms with E-state index < -0.39 is 5.97 Å². The van der Waals surface area contributed by atoms with E-state index >= 15 is 0 Å². The van der Waals surface area contributed by atoms with E-state index in [0.717, 1.165) is 4.80 Å². The second kappa shape index (κ2) is 3.97. The van der Waals surface area contributed by atoms with Gasteiger partial charge in [0.2, 0.25) is 5.88 Å². The van der Waals surface area contributed by atoms with Gasteiger partial charge < -0.3 is 9.84 Å². The fourth-order valence-corrected chi connectivity index (χ4v) is 1.19. The van der Waals surface area contributed by atoms with Crippen LogP contribution < -0.4 is 4.74 Å². The summed E-state index contributed by atoms with van der Waals surface area (Å²) < 4.78 is 4.91. The molecule has 2 rings (SSSR count). The second-order valence-electron chi connectivity index (χ2n) is 2.85. The lowest BCUT2D eigenvalue weighted by atomic mass is 10.2. The number of hydrogen-bond acceptors (Lipinski definition) is 5. The van der Waals surface area contributed by atoms with Crippen LogP contribution in [-0.4, -0.2) is 38.2 Å². The molecule has 0 aliphatic carbocycles. The van der Waals surface area contributed by atoms with Crippen LogP contribution in [-0.2, 0) is 0 Å². The zero-order valence-corrected chi connectivity index (χ0v) is 8.36. The summed E-state index contributed by atoms with van der Waals surface area (Å²) >= 11 is 0. The number of carboxylic acids is 1. The maximum absolute atomic E-state index is 11.0. The first kappa shape index (κ1) is 10.1. The van der Waals surface area contributed by atoms with Crippen LogP contribution in [0.4, 0.5) is 0 Å². The van der Waals surface area contributed by atoms with E-state index in [2.05, 4.69) is 15.2 Å². The van der Waals surface area contributed by atoms with Crippen LogP contribution in [0.25, 0.3) is 5.82 Å². The lowest BCUT2D eigenvalue weighted by molar-refractivity contribution is 0.0696. The second-order valence-corrected chi connectivity index (χ2v) is 2.85. The maximum Gasteiger partial charge on any atom is 0.339 e. The number of rotatable bonds is 3. The molecule has 0 unspecified atom stereocenters. The summed E-state index contributed by atoms with van der Waals surface area (Å²) in [5.74, 6) is -0.670. The maximum atomic E-state index is 11.0. The van der Waals surface area contributed by atoms with Crippen molar-refractivity contribution in [2.24, 2.45) is 0 Å². The molecule has 0 bridgehead atoms. The molecule has 0 amide bonds. The van der Waals surface area contributed by atoms with Gasteiger partial charge in [-0.05, 0) is 6.07 Å². The molecule has 2 aromatic heterocycles. The Hall–Kier alpha value is -2.44. The fraction of sp³-hybridized carbons (Fsp3) is 0.111. The average Bonchev–Trinajstić information content (AvgIpc) is 2.81. The highest BCUT2D eigenvalue weighted by Gasteiger charge is 2.15. The third-order valence-corrected chi connectivity index (χ3v) is 1.90. The van der Waals surface area contributed by atoms with Gasteiger partial charge in [-0.2, -0.15) is 15.2 Å². The summed E-state index contributed by atoms with van der Waals surface area (Å²) in [5, 5.41) is 16.6. The third-order valence-electron chi connectivity index (χ3n) is 1.90. The first-order valence-electron chi connectivity index (χ1n) is 4.37. The SMILES string of the molecule is COc1ccc(C(=O)O)c(-n2nccn2)n1. The molecule has 0 saturated heterocycles. The molecule has 82 valence electrons. The number of carboxylic acid groups (broad SMARTS) is 1. The van der Waals surface area contributed by atoms with Gasteiger partial charge in [0.25, 0.3) is 0 Å². The van der Waals surface area contributed by atoms with E-state index in [-0.39, 0.29) is 11.4 Å². The van der Waals surface area contributed by atoms with Crippen molar-refractivity contribution in [3.63, 3.8) is 0 Å². The molecule has 0 atom stereocenters. The number of carbonyl (C=O) groups is 1. The molecule has 0 aliphatic heterocycles. The molecule has 2 heterocycles. The average molecular weight is 220 g/mol. The molecule has 16 heavy (non-hydrogen) atoms. The summed E-state index contributed by atoms with van der Waals surface area (Å²) in [5.41, 5.74) is 0.0111.